The molecule has 2 saturated heterocycles. The number of methoxy groups -OCH3 is 1. The third kappa shape index (κ3) is 5.68. The lowest BCUT2D eigenvalue weighted by atomic mass is 9.96. The first-order chi connectivity index (χ1) is 15.6. The topological polar surface area (TPSA) is 61.9 Å². The van der Waals surface area contributed by atoms with Gasteiger partial charge in [0.1, 0.15) is 5.75 Å². The molecule has 2 fully saturated rings. The molecule has 4 rings (SSSR count). The zero-order valence-electron chi connectivity index (χ0n) is 18.9. The standard InChI is InChI=1S/C26H33N3O3/c1-32-24-7-3-2-6-22(24)18-29-19-23(12-13-25(29)30)26(31)27-16-20-8-10-21(11-9-20)17-28-14-4-5-15-28/h2-3,6-11,23H,4-5,12-19H2,1H3,(H,27,31). The molecule has 1 N–H and O–H groups in total. The number of rotatable bonds is 8. The Balaban J connectivity index is 1.28. The molecule has 2 aliphatic rings. The normalized spacial score (nSPS) is 19.2. The Bertz CT molecular complexity index is 922. The van der Waals surface area contributed by atoms with Crippen LogP contribution in [-0.4, -0.2) is 48.4 Å². The summed E-state index contributed by atoms with van der Waals surface area (Å²) in [4.78, 5) is 29.5. The Hall–Kier alpha value is -2.86. The third-order valence-electron chi connectivity index (χ3n) is 6.52. The molecule has 0 aromatic heterocycles. The summed E-state index contributed by atoms with van der Waals surface area (Å²) in [6.07, 6.45) is 3.60. The molecule has 0 aliphatic carbocycles. The third-order valence-corrected chi connectivity index (χ3v) is 6.52. The molecule has 0 spiro atoms. The van der Waals surface area contributed by atoms with E-state index in [4.69, 9.17) is 4.74 Å². The van der Waals surface area contributed by atoms with Crippen molar-refractivity contribution in [2.45, 2.75) is 45.3 Å². The molecule has 0 radical (unpaired) electrons. The molecular weight excluding hydrogens is 402 g/mol. The maximum atomic E-state index is 12.8. The van der Waals surface area contributed by atoms with E-state index in [2.05, 4.69) is 34.5 Å². The molecule has 1 atom stereocenters. The minimum absolute atomic E-state index is 0.0173. The Morgan fingerprint density at radius 1 is 1.03 bits per heavy atom. The minimum atomic E-state index is -0.183. The van der Waals surface area contributed by atoms with E-state index in [0.29, 0.717) is 32.5 Å². The van der Waals surface area contributed by atoms with Crippen LogP contribution in [0.25, 0.3) is 0 Å². The van der Waals surface area contributed by atoms with Gasteiger partial charge in [-0.25, -0.2) is 0 Å². The van der Waals surface area contributed by atoms with Crippen molar-refractivity contribution >= 4 is 11.8 Å². The van der Waals surface area contributed by atoms with Crippen molar-refractivity contribution in [3.63, 3.8) is 0 Å². The second-order valence-corrected chi connectivity index (χ2v) is 8.84. The van der Waals surface area contributed by atoms with Crippen molar-refractivity contribution in [2.24, 2.45) is 5.92 Å². The highest BCUT2D eigenvalue weighted by molar-refractivity contribution is 5.83. The lowest BCUT2D eigenvalue weighted by Crippen LogP contribution is -2.45. The number of carbonyl (C=O) groups is 2. The molecule has 6 nitrogen and oxygen atoms in total. The number of ether oxygens (including phenoxy) is 1. The summed E-state index contributed by atoms with van der Waals surface area (Å²) >= 11 is 0. The first-order valence-electron chi connectivity index (χ1n) is 11.6. The molecular formula is C26H33N3O3. The summed E-state index contributed by atoms with van der Waals surface area (Å²) < 4.78 is 5.41. The van der Waals surface area contributed by atoms with Crippen molar-refractivity contribution < 1.29 is 14.3 Å². The van der Waals surface area contributed by atoms with Gasteiger partial charge in [-0.2, -0.15) is 0 Å². The number of carbonyl (C=O) groups excluding carboxylic acids is 2. The number of para-hydroxylation sites is 1. The molecule has 6 heteroatoms. The van der Waals surface area contributed by atoms with Gasteiger partial charge >= 0.3 is 0 Å². The fraction of sp³-hybridized carbons (Fsp3) is 0.462. The van der Waals surface area contributed by atoms with E-state index in [1.807, 2.05) is 24.3 Å². The van der Waals surface area contributed by atoms with E-state index in [1.165, 1.54) is 31.5 Å². The molecule has 0 bridgehead atoms. The number of hydrogen-bond acceptors (Lipinski definition) is 4. The van der Waals surface area contributed by atoms with Crippen LogP contribution in [0.5, 0.6) is 5.75 Å². The highest BCUT2D eigenvalue weighted by Gasteiger charge is 2.30. The van der Waals surface area contributed by atoms with Crippen molar-refractivity contribution in [3.8, 4) is 5.75 Å². The van der Waals surface area contributed by atoms with Gasteiger partial charge in [0.05, 0.1) is 13.0 Å². The van der Waals surface area contributed by atoms with Crippen LogP contribution in [0.1, 0.15) is 42.4 Å². The second kappa shape index (κ2) is 10.6. The molecule has 170 valence electrons. The minimum Gasteiger partial charge on any atom is -0.496 e. The van der Waals surface area contributed by atoms with Crippen molar-refractivity contribution in [2.75, 3.05) is 26.7 Å². The van der Waals surface area contributed by atoms with Crippen LogP contribution in [0.2, 0.25) is 0 Å². The van der Waals surface area contributed by atoms with Crippen LogP contribution in [0.3, 0.4) is 0 Å². The number of piperidine rings is 1. The van der Waals surface area contributed by atoms with Crippen LogP contribution in [0.4, 0.5) is 0 Å². The van der Waals surface area contributed by atoms with Gasteiger partial charge in [-0.1, -0.05) is 42.5 Å². The zero-order chi connectivity index (χ0) is 22.3. The largest absolute Gasteiger partial charge is 0.496 e. The van der Waals surface area contributed by atoms with E-state index in [0.717, 1.165) is 23.4 Å². The van der Waals surface area contributed by atoms with Gasteiger partial charge in [-0.05, 0) is 49.5 Å². The summed E-state index contributed by atoms with van der Waals surface area (Å²) in [6, 6.07) is 16.2. The van der Waals surface area contributed by atoms with Gasteiger partial charge in [0, 0.05) is 38.2 Å². The molecule has 2 amide bonds. The zero-order valence-corrected chi connectivity index (χ0v) is 18.9. The highest BCUT2D eigenvalue weighted by atomic mass is 16.5. The number of amides is 2. The van der Waals surface area contributed by atoms with Gasteiger partial charge in [0.15, 0.2) is 0 Å². The van der Waals surface area contributed by atoms with E-state index in [9.17, 15) is 9.59 Å². The smallest absolute Gasteiger partial charge is 0.225 e. The van der Waals surface area contributed by atoms with Crippen LogP contribution in [-0.2, 0) is 29.2 Å². The number of hydrogen-bond donors (Lipinski definition) is 1. The lowest BCUT2D eigenvalue weighted by molar-refractivity contribution is -0.139. The van der Waals surface area contributed by atoms with Crippen molar-refractivity contribution in [1.29, 1.82) is 0 Å². The molecule has 32 heavy (non-hydrogen) atoms. The van der Waals surface area contributed by atoms with Crippen LogP contribution < -0.4 is 10.1 Å². The Labute approximate surface area is 190 Å². The number of likely N-dealkylation sites (tertiary alicyclic amines) is 2. The van der Waals surface area contributed by atoms with Crippen molar-refractivity contribution in [1.82, 2.24) is 15.1 Å². The summed E-state index contributed by atoms with van der Waals surface area (Å²) in [5, 5.41) is 3.07. The van der Waals surface area contributed by atoms with E-state index < -0.39 is 0 Å². The Kier molecular flexibility index (Phi) is 7.43. The Morgan fingerprint density at radius 3 is 2.50 bits per heavy atom. The summed E-state index contributed by atoms with van der Waals surface area (Å²) in [7, 11) is 1.63. The fourth-order valence-electron chi connectivity index (χ4n) is 4.62. The molecule has 2 heterocycles. The summed E-state index contributed by atoms with van der Waals surface area (Å²) in [5.74, 6) is 0.689. The molecule has 1 unspecified atom stereocenters. The maximum absolute atomic E-state index is 12.8. The number of benzene rings is 2. The highest BCUT2D eigenvalue weighted by Crippen LogP contribution is 2.24. The fourth-order valence-corrected chi connectivity index (χ4v) is 4.62. The van der Waals surface area contributed by atoms with Gasteiger partial charge in [-0.3, -0.25) is 14.5 Å². The second-order valence-electron chi connectivity index (χ2n) is 8.84. The lowest BCUT2D eigenvalue weighted by Gasteiger charge is -2.32. The monoisotopic (exact) mass is 435 g/mol. The predicted molar refractivity (Wildman–Crippen MR) is 124 cm³/mol. The van der Waals surface area contributed by atoms with Crippen LogP contribution in [0.15, 0.2) is 48.5 Å². The Morgan fingerprint density at radius 2 is 1.75 bits per heavy atom. The molecule has 2 aromatic carbocycles. The van der Waals surface area contributed by atoms with Gasteiger partial charge in [0.25, 0.3) is 0 Å². The van der Waals surface area contributed by atoms with E-state index >= 15 is 0 Å². The summed E-state index contributed by atoms with van der Waals surface area (Å²) in [6.45, 7) is 4.80. The average molecular weight is 436 g/mol. The van der Waals surface area contributed by atoms with Gasteiger partial charge in [-0.15, -0.1) is 0 Å². The SMILES string of the molecule is COc1ccccc1CN1CC(C(=O)NCc2ccc(CN3CCCC3)cc2)CCC1=O. The predicted octanol–water partition coefficient (Wildman–Crippen LogP) is 3.35. The number of nitrogens with one attached hydrogen (secondary N) is 1. The molecule has 2 aromatic rings. The quantitative estimate of drug-likeness (QED) is 0.691. The summed E-state index contributed by atoms with van der Waals surface area (Å²) in [5.41, 5.74) is 3.37. The first-order valence-corrected chi connectivity index (χ1v) is 11.6. The van der Waals surface area contributed by atoms with Gasteiger partial charge in [0.2, 0.25) is 11.8 Å². The van der Waals surface area contributed by atoms with Crippen LogP contribution >= 0.6 is 0 Å². The maximum Gasteiger partial charge on any atom is 0.225 e. The van der Waals surface area contributed by atoms with E-state index in [1.54, 1.807) is 12.0 Å². The number of nitrogens with zero attached hydrogens (tertiary/aromatic N) is 2. The average Bonchev–Trinajstić information content (AvgIpc) is 3.33. The molecule has 2 aliphatic heterocycles. The van der Waals surface area contributed by atoms with Crippen molar-refractivity contribution in [3.05, 3.63) is 65.2 Å². The van der Waals surface area contributed by atoms with E-state index in [-0.39, 0.29) is 17.7 Å². The van der Waals surface area contributed by atoms with Crippen LogP contribution in [0, 0.1) is 5.92 Å². The van der Waals surface area contributed by atoms with Gasteiger partial charge < -0.3 is 15.0 Å². The molecule has 0 saturated carbocycles. The first kappa shape index (κ1) is 22.3.